The second-order valence-electron chi connectivity index (χ2n) is 6.79. The van der Waals surface area contributed by atoms with Gasteiger partial charge >= 0.3 is 6.18 Å². The zero-order valence-electron chi connectivity index (χ0n) is 17.2. The first kappa shape index (κ1) is 25.8. The highest BCUT2D eigenvalue weighted by Crippen LogP contribution is 2.36. The van der Waals surface area contributed by atoms with E-state index in [1.807, 2.05) is 0 Å². The van der Waals surface area contributed by atoms with Crippen LogP contribution >= 0.6 is 34.5 Å². The molecule has 4 N–H and O–H groups in total. The lowest BCUT2D eigenvalue weighted by Gasteiger charge is -2.11. The van der Waals surface area contributed by atoms with Crippen LogP contribution in [0, 0.1) is 0 Å². The van der Waals surface area contributed by atoms with Gasteiger partial charge in [-0.1, -0.05) is 23.2 Å². The molecule has 0 saturated heterocycles. The van der Waals surface area contributed by atoms with E-state index in [1.54, 1.807) is 0 Å². The zero-order valence-corrected chi connectivity index (χ0v) is 19.6. The summed E-state index contributed by atoms with van der Waals surface area (Å²) in [5, 5.41) is 5.38. The highest BCUT2D eigenvalue weighted by atomic mass is 35.5. The Morgan fingerprint density at radius 3 is 2.62 bits per heavy atom. The predicted molar refractivity (Wildman–Crippen MR) is 124 cm³/mol. The van der Waals surface area contributed by atoms with E-state index >= 15 is 0 Å². The van der Waals surface area contributed by atoms with Gasteiger partial charge in [0.1, 0.15) is 27.7 Å². The molecule has 34 heavy (non-hydrogen) atoms. The molecule has 0 radical (unpaired) electrons. The van der Waals surface area contributed by atoms with Crippen molar-refractivity contribution in [1.29, 1.82) is 0 Å². The van der Waals surface area contributed by atoms with Gasteiger partial charge in [0, 0.05) is 31.6 Å². The third-order valence-corrected chi connectivity index (χ3v) is 6.11. The zero-order chi connectivity index (χ0) is 24.9. The van der Waals surface area contributed by atoms with Gasteiger partial charge in [-0.05, 0) is 18.2 Å². The second-order valence-corrected chi connectivity index (χ2v) is 8.69. The Kier molecular flexibility index (Phi) is 8.42. The van der Waals surface area contributed by atoms with Crippen molar-refractivity contribution in [2.75, 3.05) is 23.7 Å². The number of thiazole rings is 1. The number of nitrogens with one attached hydrogen (secondary N) is 2. The van der Waals surface area contributed by atoms with E-state index in [9.17, 15) is 22.8 Å². The van der Waals surface area contributed by atoms with E-state index < -0.39 is 22.7 Å². The largest absolute Gasteiger partial charge is 0.417 e. The van der Waals surface area contributed by atoms with E-state index in [0.717, 1.165) is 23.5 Å². The van der Waals surface area contributed by atoms with Crippen LogP contribution in [-0.4, -0.2) is 39.7 Å². The van der Waals surface area contributed by atoms with E-state index in [-0.39, 0.29) is 39.9 Å². The van der Waals surface area contributed by atoms with Gasteiger partial charge in [-0.3, -0.25) is 9.59 Å². The van der Waals surface area contributed by atoms with Crippen molar-refractivity contribution in [2.24, 2.45) is 5.73 Å². The van der Waals surface area contributed by atoms with Gasteiger partial charge in [0.2, 0.25) is 0 Å². The molecule has 0 aliphatic rings. The summed E-state index contributed by atoms with van der Waals surface area (Å²) in [7, 11) is 0. The fraction of sp³-hybridized carbons (Fsp3) is 0.250. The number of hydrogen-bond donors (Lipinski definition) is 3. The number of alkyl halides is 3. The van der Waals surface area contributed by atoms with Gasteiger partial charge in [-0.2, -0.15) is 13.2 Å². The predicted octanol–water partition coefficient (Wildman–Crippen LogP) is 4.70. The molecule has 8 nitrogen and oxygen atoms in total. The molecule has 2 aromatic heterocycles. The Morgan fingerprint density at radius 2 is 1.91 bits per heavy atom. The lowest BCUT2D eigenvalue weighted by atomic mass is 10.1. The fourth-order valence-electron chi connectivity index (χ4n) is 2.76. The summed E-state index contributed by atoms with van der Waals surface area (Å²) in [6, 6.07) is 3.07. The molecule has 3 rings (SSSR count). The number of Topliss-reactive ketones (excluding diaryl/α,β-unsaturated/α-hetero) is 1. The normalized spacial score (nSPS) is 11.4. The molecule has 1 amide bonds. The molecule has 0 unspecified atom stereocenters. The number of ketones is 1. The van der Waals surface area contributed by atoms with Crippen molar-refractivity contribution >= 4 is 57.7 Å². The van der Waals surface area contributed by atoms with Crippen LogP contribution in [0.25, 0.3) is 0 Å². The Morgan fingerprint density at radius 1 is 1.15 bits per heavy atom. The number of benzene rings is 1. The highest BCUT2D eigenvalue weighted by Gasteiger charge is 2.33. The van der Waals surface area contributed by atoms with Crippen LogP contribution in [-0.2, 0) is 12.6 Å². The average molecular weight is 533 g/mol. The van der Waals surface area contributed by atoms with E-state index in [1.165, 1.54) is 18.6 Å². The van der Waals surface area contributed by atoms with Gasteiger partial charge in [0.25, 0.3) is 5.91 Å². The molecule has 0 spiro atoms. The molecule has 0 atom stereocenters. The van der Waals surface area contributed by atoms with Crippen molar-refractivity contribution in [2.45, 2.75) is 19.0 Å². The summed E-state index contributed by atoms with van der Waals surface area (Å²) >= 11 is 12.8. The van der Waals surface area contributed by atoms with Gasteiger partial charge in [-0.15, -0.1) is 11.3 Å². The first-order valence-corrected chi connectivity index (χ1v) is 11.3. The van der Waals surface area contributed by atoms with Crippen molar-refractivity contribution < 1.29 is 22.8 Å². The molecule has 1 aromatic carbocycles. The maximum atomic E-state index is 13.0. The number of carbonyl (C=O) groups excluding carboxylic acids is 2. The molecule has 0 aliphatic heterocycles. The van der Waals surface area contributed by atoms with Crippen molar-refractivity contribution in [3.63, 3.8) is 0 Å². The number of amides is 1. The SMILES string of the molecule is NCCNc1ncnc(C(=O)CCc2ncc(C(=O)Nc3ccc(Cl)c(C(F)(F)F)c3)s2)c1Cl. The summed E-state index contributed by atoms with van der Waals surface area (Å²) in [5.41, 5.74) is 4.36. The quantitative estimate of drug-likeness (QED) is 0.341. The summed E-state index contributed by atoms with van der Waals surface area (Å²) < 4.78 is 39.0. The Bertz CT molecular complexity index is 1210. The Labute approximate surface area is 205 Å². The topological polar surface area (TPSA) is 123 Å². The number of aromatic nitrogens is 3. The minimum atomic E-state index is -4.66. The van der Waals surface area contributed by atoms with Gasteiger partial charge in [0.15, 0.2) is 5.78 Å². The molecule has 180 valence electrons. The van der Waals surface area contributed by atoms with Crippen LogP contribution in [0.5, 0.6) is 0 Å². The monoisotopic (exact) mass is 532 g/mol. The maximum absolute atomic E-state index is 13.0. The summed E-state index contributed by atoms with van der Waals surface area (Å²) in [6.45, 7) is 0.771. The lowest BCUT2D eigenvalue weighted by Crippen LogP contribution is -2.15. The van der Waals surface area contributed by atoms with Gasteiger partial charge in [-0.25, -0.2) is 15.0 Å². The molecule has 0 bridgehead atoms. The number of anilines is 2. The van der Waals surface area contributed by atoms with Crippen LogP contribution in [0.15, 0.2) is 30.7 Å². The second kappa shape index (κ2) is 11.1. The molecule has 0 aliphatic carbocycles. The van der Waals surface area contributed by atoms with Gasteiger partial charge < -0.3 is 16.4 Å². The summed E-state index contributed by atoms with van der Waals surface area (Å²) in [4.78, 5) is 37.2. The number of hydrogen-bond acceptors (Lipinski definition) is 8. The number of carbonyl (C=O) groups is 2. The van der Waals surface area contributed by atoms with Gasteiger partial charge in [0.05, 0.1) is 21.8 Å². The fourth-order valence-corrected chi connectivity index (χ4v) is 4.07. The highest BCUT2D eigenvalue weighted by molar-refractivity contribution is 7.13. The Hall–Kier alpha value is -2.80. The molecule has 0 fully saturated rings. The summed E-state index contributed by atoms with van der Waals surface area (Å²) in [5.74, 6) is -0.681. The van der Waals surface area contributed by atoms with Crippen molar-refractivity contribution in [3.8, 4) is 0 Å². The number of halogens is 5. The number of aryl methyl sites for hydroxylation is 1. The molecule has 14 heteroatoms. The molecular formula is C20H17Cl2F3N6O2S. The van der Waals surface area contributed by atoms with E-state index in [0.29, 0.717) is 23.9 Å². The molecular weight excluding hydrogens is 516 g/mol. The van der Waals surface area contributed by atoms with Crippen LogP contribution in [0.3, 0.4) is 0 Å². The van der Waals surface area contributed by atoms with Crippen LogP contribution in [0.2, 0.25) is 10.0 Å². The molecule has 0 saturated carbocycles. The third-order valence-electron chi connectivity index (χ3n) is 4.36. The summed E-state index contributed by atoms with van der Waals surface area (Å²) in [6.07, 6.45) is -1.93. The standard InChI is InChI=1S/C20H17Cl2F3N6O2S/c21-12-2-1-10(7-11(12)20(23,24)25)31-19(33)14-8-28-15(34-14)4-3-13(32)17-16(22)18(27-6-5-26)30-9-29-17/h1-2,7-9H,3-6,26H2,(H,31,33)(H,27,29,30). The maximum Gasteiger partial charge on any atom is 0.417 e. The van der Waals surface area contributed by atoms with Crippen LogP contribution in [0.1, 0.15) is 37.2 Å². The number of nitrogens with two attached hydrogens (primary N) is 1. The smallest absolute Gasteiger partial charge is 0.367 e. The number of rotatable bonds is 9. The lowest BCUT2D eigenvalue weighted by molar-refractivity contribution is -0.137. The van der Waals surface area contributed by atoms with Crippen LogP contribution < -0.4 is 16.4 Å². The molecule has 2 heterocycles. The van der Waals surface area contributed by atoms with Crippen LogP contribution in [0.4, 0.5) is 24.7 Å². The van der Waals surface area contributed by atoms with Crippen molar-refractivity contribution in [1.82, 2.24) is 15.0 Å². The van der Waals surface area contributed by atoms with E-state index in [2.05, 4.69) is 25.6 Å². The minimum absolute atomic E-state index is 0.0216. The minimum Gasteiger partial charge on any atom is -0.367 e. The first-order chi connectivity index (χ1) is 16.1. The first-order valence-electron chi connectivity index (χ1n) is 9.70. The average Bonchev–Trinajstić information content (AvgIpc) is 3.26. The van der Waals surface area contributed by atoms with Crippen molar-refractivity contribution in [3.05, 3.63) is 61.9 Å². The van der Waals surface area contributed by atoms with E-state index in [4.69, 9.17) is 28.9 Å². The number of nitrogens with zero attached hydrogens (tertiary/aromatic N) is 3. The molecule has 3 aromatic rings. The third kappa shape index (κ3) is 6.41. The Balaban J connectivity index is 1.63.